The normalized spacial score (nSPS) is 11.2. The standard InChI is InChI=1S/C29H29Cl2N3O3/c1-18(2)24-16-33-34(28-25(30)5-4-6-26(28)31)27(24)17-37-23-12-11-22(19(3)13-23)15-32-14-20-7-9-21(10-8-20)29(35)36/h4-13,16,18,32H,14-15,17H2,1-3H3,(H,35,36). The van der Waals surface area contributed by atoms with E-state index < -0.39 is 5.97 Å². The predicted octanol–water partition coefficient (Wildman–Crippen LogP) is 7.18. The number of ether oxygens (including phenoxy) is 1. The molecule has 1 heterocycles. The van der Waals surface area contributed by atoms with Crippen LogP contribution < -0.4 is 10.1 Å². The van der Waals surface area contributed by atoms with Gasteiger partial charge in [0.05, 0.1) is 27.5 Å². The van der Waals surface area contributed by atoms with Gasteiger partial charge in [-0.25, -0.2) is 9.48 Å². The number of aromatic carboxylic acids is 1. The summed E-state index contributed by atoms with van der Waals surface area (Å²) in [5.41, 5.74) is 6.20. The molecule has 0 aliphatic rings. The van der Waals surface area contributed by atoms with Crippen molar-refractivity contribution in [3.63, 3.8) is 0 Å². The molecule has 0 spiro atoms. The van der Waals surface area contributed by atoms with Crippen LogP contribution in [0.3, 0.4) is 0 Å². The minimum Gasteiger partial charge on any atom is -0.487 e. The molecule has 6 nitrogen and oxygen atoms in total. The van der Waals surface area contributed by atoms with E-state index in [1.54, 1.807) is 28.9 Å². The van der Waals surface area contributed by atoms with E-state index in [4.69, 9.17) is 33.0 Å². The number of carbonyl (C=O) groups is 1. The van der Waals surface area contributed by atoms with E-state index in [9.17, 15) is 4.79 Å². The Kier molecular flexibility index (Phi) is 8.54. The minimum absolute atomic E-state index is 0.254. The van der Waals surface area contributed by atoms with Gasteiger partial charge < -0.3 is 15.2 Å². The van der Waals surface area contributed by atoms with Crippen molar-refractivity contribution in [2.45, 2.75) is 46.4 Å². The third kappa shape index (κ3) is 6.34. The van der Waals surface area contributed by atoms with Gasteiger partial charge in [0.25, 0.3) is 0 Å². The highest BCUT2D eigenvalue weighted by atomic mass is 35.5. The van der Waals surface area contributed by atoms with Crippen LogP contribution in [0.15, 0.2) is 66.9 Å². The van der Waals surface area contributed by atoms with Gasteiger partial charge in [-0.15, -0.1) is 0 Å². The molecule has 192 valence electrons. The lowest BCUT2D eigenvalue weighted by Crippen LogP contribution is -2.14. The van der Waals surface area contributed by atoms with Crippen molar-refractivity contribution < 1.29 is 14.6 Å². The Hall–Kier alpha value is -3.32. The lowest BCUT2D eigenvalue weighted by Gasteiger charge is -2.16. The summed E-state index contributed by atoms with van der Waals surface area (Å²) < 4.78 is 7.98. The van der Waals surface area contributed by atoms with Crippen LogP contribution in [0.5, 0.6) is 5.75 Å². The average molecular weight is 538 g/mol. The minimum atomic E-state index is -0.921. The van der Waals surface area contributed by atoms with Crippen LogP contribution in [-0.2, 0) is 19.7 Å². The maximum atomic E-state index is 11.0. The molecule has 1 aromatic heterocycles. The fraction of sp³-hybridized carbons (Fsp3) is 0.241. The van der Waals surface area contributed by atoms with Crippen LogP contribution in [0.25, 0.3) is 5.69 Å². The van der Waals surface area contributed by atoms with Gasteiger partial charge in [-0.2, -0.15) is 5.10 Å². The molecule has 0 fully saturated rings. The maximum absolute atomic E-state index is 11.0. The monoisotopic (exact) mass is 537 g/mol. The smallest absolute Gasteiger partial charge is 0.335 e. The Morgan fingerprint density at radius 2 is 1.76 bits per heavy atom. The van der Waals surface area contributed by atoms with E-state index >= 15 is 0 Å². The molecule has 4 aromatic rings. The molecule has 0 radical (unpaired) electrons. The Balaban J connectivity index is 1.43. The summed E-state index contributed by atoms with van der Waals surface area (Å²) in [5.74, 6) is 0.0948. The van der Waals surface area contributed by atoms with Crippen LogP contribution in [0, 0.1) is 6.92 Å². The van der Waals surface area contributed by atoms with Crippen LogP contribution >= 0.6 is 23.2 Å². The molecule has 0 atom stereocenters. The second kappa shape index (κ2) is 11.8. The fourth-order valence-electron chi connectivity index (χ4n) is 4.11. The highest BCUT2D eigenvalue weighted by Gasteiger charge is 2.19. The zero-order valence-corrected chi connectivity index (χ0v) is 22.5. The van der Waals surface area contributed by atoms with Crippen molar-refractivity contribution in [3.8, 4) is 11.4 Å². The molecule has 37 heavy (non-hydrogen) atoms. The number of benzene rings is 3. The summed E-state index contributed by atoms with van der Waals surface area (Å²) in [5, 5.41) is 18.1. The first kappa shape index (κ1) is 26.7. The zero-order chi connectivity index (χ0) is 26.5. The van der Waals surface area contributed by atoms with Crippen molar-refractivity contribution in [1.82, 2.24) is 15.1 Å². The largest absolute Gasteiger partial charge is 0.487 e. The number of carboxylic acid groups (broad SMARTS) is 1. The lowest BCUT2D eigenvalue weighted by molar-refractivity contribution is 0.0697. The molecule has 3 aromatic carbocycles. The quantitative estimate of drug-likeness (QED) is 0.224. The molecule has 0 amide bonds. The average Bonchev–Trinajstić information content (AvgIpc) is 3.28. The Bertz CT molecular complexity index is 1380. The number of aromatic nitrogens is 2. The number of nitrogens with one attached hydrogen (secondary N) is 1. The van der Waals surface area contributed by atoms with Gasteiger partial charge in [-0.1, -0.05) is 61.3 Å². The van der Waals surface area contributed by atoms with Crippen molar-refractivity contribution >= 4 is 29.2 Å². The molecular weight excluding hydrogens is 509 g/mol. The molecule has 8 heteroatoms. The number of carboxylic acids is 1. The van der Waals surface area contributed by atoms with Gasteiger partial charge in [0.15, 0.2) is 0 Å². The molecule has 0 saturated carbocycles. The van der Waals surface area contributed by atoms with E-state index in [1.807, 2.05) is 36.5 Å². The summed E-state index contributed by atoms with van der Waals surface area (Å²) in [6, 6.07) is 18.3. The third-order valence-electron chi connectivity index (χ3n) is 6.21. The number of halogens is 2. The number of rotatable bonds is 10. The number of nitrogens with zero attached hydrogens (tertiary/aromatic N) is 2. The van der Waals surface area contributed by atoms with Gasteiger partial charge >= 0.3 is 5.97 Å². The number of para-hydroxylation sites is 1. The van der Waals surface area contributed by atoms with Crippen LogP contribution in [0.2, 0.25) is 10.0 Å². The van der Waals surface area contributed by atoms with Gasteiger partial charge in [-0.3, -0.25) is 0 Å². The summed E-state index contributed by atoms with van der Waals surface area (Å²) in [7, 11) is 0. The highest BCUT2D eigenvalue weighted by molar-refractivity contribution is 6.37. The Labute approximate surface area is 226 Å². The number of hydrogen-bond acceptors (Lipinski definition) is 4. The van der Waals surface area contributed by atoms with Crippen molar-refractivity contribution in [3.05, 3.63) is 110 Å². The first-order valence-electron chi connectivity index (χ1n) is 12.0. The molecule has 0 bridgehead atoms. The van der Waals surface area contributed by atoms with Crippen molar-refractivity contribution in [1.29, 1.82) is 0 Å². The highest BCUT2D eigenvalue weighted by Crippen LogP contribution is 2.32. The second-order valence-electron chi connectivity index (χ2n) is 9.17. The molecule has 4 rings (SSSR count). The molecule has 0 unspecified atom stereocenters. The maximum Gasteiger partial charge on any atom is 0.335 e. The van der Waals surface area contributed by atoms with Crippen molar-refractivity contribution in [2.75, 3.05) is 0 Å². The van der Waals surface area contributed by atoms with Crippen LogP contribution in [0.1, 0.15) is 58.1 Å². The first-order chi connectivity index (χ1) is 17.7. The van der Waals surface area contributed by atoms with E-state index in [-0.39, 0.29) is 11.5 Å². The molecular formula is C29H29Cl2N3O3. The van der Waals surface area contributed by atoms with E-state index in [0.717, 1.165) is 33.7 Å². The topological polar surface area (TPSA) is 76.4 Å². The molecule has 2 N–H and O–H groups in total. The Morgan fingerprint density at radius 3 is 2.38 bits per heavy atom. The third-order valence-corrected chi connectivity index (χ3v) is 6.82. The molecule has 0 aliphatic heterocycles. The van der Waals surface area contributed by atoms with E-state index in [1.165, 1.54) is 0 Å². The Morgan fingerprint density at radius 1 is 1.05 bits per heavy atom. The van der Waals surface area contributed by atoms with E-state index in [2.05, 4.69) is 37.3 Å². The van der Waals surface area contributed by atoms with Gasteiger partial charge in [0, 0.05) is 13.1 Å². The van der Waals surface area contributed by atoms with Gasteiger partial charge in [-0.05, 0) is 71.5 Å². The second-order valence-corrected chi connectivity index (χ2v) is 9.98. The lowest BCUT2D eigenvalue weighted by atomic mass is 10.0. The van der Waals surface area contributed by atoms with Crippen molar-refractivity contribution in [2.24, 2.45) is 0 Å². The van der Waals surface area contributed by atoms with Crippen LogP contribution in [-0.4, -0.2) is 20.9 Å². The molecule has 0 aliphatic carbocycles. The SMILES string of the molecule is Cc1cc(OCc2c(C(C)C)cnn2-c2c(Cl)cccc2Cl)ccc1CNCc1ccc(C(=O)O)cc1. The van der Waals surface area contributed by atoms with E-state index in [0.29, 0.717) is 35.4 Å². The fourth-order valence-corrected chi connectivity index (χ4v) is 4.67. The number of hydrogen-bond donors (Lipinski definition) is 2. The van der Waals surface area contributed by atoms with Gasteiger partial charge in [0.2, 0.25) is 0 Å². The summed E-state index contributed by atoms with van der Waals surface area (Å²) in [6.07, 6.45) is 1.85. The molecule has 0 saturated heterocycles. The summed E-state index contributed by atoms with van der Waals surface area (Å²) >= 11 is 12.9. The predicted molar refractivity (Wildman–Crippen MR) is 147 cm³/mol. The van der Waals surface area contributed by atoms with Crippen LogP contribution in [0.4, 0.5) is 0 Å². The zero-order valence-electron chi connectivity index (χ0n) is 21.0. The summed E-state index contributed by atoms with van der Waals surface area (Å²) in [4.78, 5) is 11.0. The number of aryl methyl sites for hydroxylation is 1. The van der Waals surface area contributed by atoms with Gasteiger partial charge in [0.1, 0.15) is 18.0 Å². The summed E-state index contributed by atoms with van der Waals surface area (Å²) in [6.45, 7) is 7.93. The first-order valence-corrected chi connectivity index (χ1v) is 12.8.